The molecule has 1 amide bonds. The van der Waals surface area contributed by atoms with Crippen molar-refractivity contribution in [3.8, 4) is 10.6 Å². The molecule has 3 rings (SSSR count). The number of nitrogens with zero attached hydrogens (tertiary/aromatic N) is 1. The minimum atomic E-state index is -0.0147. The standard InChI is InChI=1S/C16H17ClN2OS/c1-16(5-6-16)10-18-14(20)11-3-2-4-12(7-11)15-19-13(8-17)9-21-15/h2-4,7,9H,5-6,8,10H2,1H3,(H,18,20). The van der Waals surface area contributed by atoms with Crippen LogP contribution in [-0.2, 0) is 5.88 Å². The summed E-state index contributed by atoms with van der Waals surface area (Å²) >= 11 is 7.33. The van der Waals surface area contributed by atoms with Gasteiger partial charge >= 0.3 is 0 Å². The van der Waals surface area contributed by atoms with Crippen molar-refractivity contribution < 1.29 is 4.79 Å². The summed E-state index contributed by atoms with van der Waals surface area (Å²) < 4.78 is 0. The summed E-state index contributed by atoms with van der Waals surface area (Å²) in [5, 5.41) is 5.86. The van der Waals surface area contributed by atoms with Gasteiger partial charge in [-0.25, -0.2) is 4.98 Å². The molecule has 0 atom stereocenters. The van der Waals surface area contributed by atoms with Crippen LogP contribution >= 0.6 is 22.9 Å². The fourth-order valence-electron chi connectivity index (χ4n) is 2.08. The molecule has 0 radical (unpaired) electrons. The summed E-state index contributed by atoms with van der Waals surface area (Å²) in [5.41, 5.74) is 2.83. The first-order chi connectivity index (χ1) is 10.1. The first-order valence-electron chi connectivity index (χ1n) is 6.99. The van der Waals surface area contributed by atoms with Crippen LogP contribution in [0.3, 0.4) is 0 Å². The molecule has 0 unspecified atom stereocenters. The Morgan fingerprint density at radius 1 is 1.48 bits per heavy atom. The van der Waals surface area contributed by atoms with Crippen molar-refractivity contribution in [2.75, 3.05) is 6.54 Å². The molecular weight excluding hydrogens is 304 g/mol. The minimum absolute atomic E-state index is 0.0147. The van der Waals surface area contributed by atoms with Crippen LogP contribution in [0, 0.1) is 5.41 Å². The maximum Gasteiger partial charge on any atom is 0.251 e. The highest BCUT2D eigenvalue weighted by Crippen LogP contribution is 2.44. The molecule has 3 nitrogen and oxygen atoms in total. The number of hydrogen-bond acceptors (Lipinski definition) is 3. The SMILES string of the molecule is CC1(CNC(=O)c2cccc(-c3nc(CCl)cs3)c2)CC1. The zero-order valence-corrected chi connectivity index (χ0v) is 13.4. The van der Waals surface area contributed by atoms with E-state index in [1.165, 1.54) is 12.8 Å². The summed E-state index contributed by atoms with van der Waals surface area (Å²) in [7, 11) is 0. The van der Waals surface area contributed by atoms with Crippen LogP contribution in [-0.4, -0.2) is 17.4 Å². The Balaban J connectivity index is 1.74. The monoisotopic (exact) mass is 320 g/mol. The number of halogens is 1. The maximum atomic E-state index is 12.2. The Morgan fingerprint density at radius 2 is 2.29 bits per heavy atom. The second-order valence-electron chi connectivity index (χ2n) is 5.85. The van der Waals surface area contributed by atoms with Gasteiger partial charge in [-0.1, -0.05) is 19.1 Å². The van der Waals surface area contributed by atoms with Gasteiger partial charge in [0.1, 0.15) is 5.01 Å². The number of aromatic nitrogens is 1. The summed E-state index contributed by atoms with van der Waals surface area (Å²) in [5.74, 6) is 0.397. The van der Waals surface area contributed by atoms with E-state index in [2.05, 4.69) is 17.2 Å². The lowest BCUT2D eigenvalue weighted by molar-refractivity contribution is 0.0946. The summed E-state index contributed by atoms with van der Waals surface area (Å²) in [4.78, 5) is 16.7. The van der Waals surface area contributed by atoms with Crippen LogP contribution in [0.15, 0.2) is 29.6 Å². The zero-order valence-electron chi connectivity index (χ0n) is 11.9. The van der Waals surface area contributed by atoms with Gasteiger partial charge in [-0.3, -0.25) is 4.79 Å². The van der Waals surface area contributed by atoms with Crippen LogP contribution < -0.4 is 5.32 Å². The fraction of sp³-hybridized carbons (Fsp3) is 0.375. The number of nitrogens with one attached hydrogen (secondary N) is 1. The lowest BCUT2D eigenvalue weighted by Crippen LogP contribution is -2.28. The van der Waals surface area contributed by atoms with Crippen molar-refractivity contribution in [2.24, 2.45) is 5.41 Å². The average molecular weight is 321 g/mol. The predicted octanol–water partition coefficient (Wildman–Crippen LogP) is 4.08. The Hall–Kier alpha value is -1.39. The van der Waals surface area contributed by atoms with Crippen molar-refractivity contribution in [3.63, 3.8) is 0 Å². The highest BCUT2D eigenvalue weighted by Gasteiger charge is 2.37. The van der Waals surface area contributed by atoms with E-state index in [0.29, 0.717) is 16.9 Å². The molecule has 1 aliphatic rings. The van der Waals surface area contributed by atoms with Gasteiger partial charge in [0.25, 0.3) is 5.91 Å². The molecule has 1 aromatic carbocycles. The van der Waals surface area contributed by atoms with Gasteiger partial charge in [-0.15, -0.1) is 22.9 Å². The molecule has 1 aliphatic carbocycles. The van der Waals surface area contributed by atoms with Crippen molar-refractivity contribution in [3.05, 3.63) is 40.9 Å². The van der Waals surface area contributed by atoms with Gasteiger partial charge in [-0.05, 0) is 30.4 Å². The van der Waals surface area contributed by atoms with Gasteiger partial charge in [0.05, 0.1) is 11.6 Å². The smallest absolute Gasteiger partial charge is 0.251 e. The lowest BCUT2D eigenvalue weighted by Gasteiger charge is -2.10. The lowest BCUT2D eigenvalue weighted by atomic mass is 10.1. The van der Waals surface area contributed by atoms with Crippen molar-refractivity contribution in [1.29, 1.82) is 0 Å². The number of hydrogen-bond donors (Lipinski definition) is 1. The molecule has 1 aromatic heterocycles. The number of carbonyl (C=O) groups is 1. The summed E-state index contributed by atoms with van der Waals surface area (Å²) in [6, 6.07) is 7.59. The van der Waals surface area contributed by atoms with Gasteiger partial charge in [0.15, 0.2) is 0 Å². The highest BCUT2D eigenvalue weighted by atomic mass is 35.5. The van der Waals surface area contributed by atoms with Crippen molar-refractivity contribution in [1.82, 2.24) is 10.3 Å². The van der Waals surface area contributed by atoms with Crippen molar-refractivity contribution in [2.45, 2.75) is 25.6 Å². The third-order valence-corrected chi connectivity index (χ3v) is 5.05. The number of alkyl halides is 1. The molecule has 1 saturated carbocycles. The number of thiazole rings is 1. The fourth-order valence-corrected chi connectivity index (χ4v) is 3.13. The first kappa shape index (κ1) is 14.5. The zero-order chi connectivity index (χ0) is 14.9. The molecule has 0 aliphatic heterocycles. The van der Waals surface area contributed by atoms with E-state index in [0.717, 1.165) is 22.8 Å². The van der Waals surface area contributed by atoms with Gasteiger partial charge in [0, 0.05) is 23.1 Å². The second-order valence-corrected chi connectivity index (χ2v) is 6.98. The molecule has 21 heavy (non-hydrogen) atoms. The van der Waals surface area contributed by atoms with Gasteiger partial charge in [0.2, 0.25) is 0 Å². The van der Waals surface area contributed by atoms with Gasteiger partial charge < -0.3 is 5.32 Å². The van der Waals surface area contributed by atoms with Crippen LogP contribution in [0.4, 0.5) is 0 Å². The third kappa shape index (κ3) is 3.44. The molecule has 5 heteroatoms. The average Bonchev–Trinajstić information content (AvgIpc) is 3.05. The van der Waals surface area contributed by atoms with Gasteiger partial charge in [-0.2, -0.15) is 0 Å². The largest absolute Gasteiger partial charge is 0.351 e. The Morgan fingerprint density at radius 3 is 2.95 bits per heavy atom. The Bertz CT molecular complexity index is 664. The number of rotatable bonds is 5. The second kappa shape index (κ2) is 5.78. The molecule has 110 valence electrons. The van der Waals surface area contributed by atoms with E-state index in [9.17, 15) is 4.79 Å². The normalized spacial score (nSPS) is 15.7. The van der Waals surface area contributed by atoms with Crippen LogP contribution in [0.2, 0.25) is 0 Å². The predicted molar refractivity (Wildman–Crippen MR) is 86.8 cm³/mol. The van der Waals surface area contributed by atoms with E-state index < -0.39 is 0 Å². The number of amides is 1. The molecule has 1 N–H and O–H groups in total. The van der Waals surface area contributed by atoms with Crippen LogP contribution in [0.25, 0.3) is 10.6 Å². The highest BCUT2D eigenvalue weighted by molar-refractivity contribution is 7.13. The van der Waals surface area contributed by atoms with Crippen LogP contribution in [0.5, 0.6) is 0 Å². The molecule has 2 aromatic rings. The van der Waals surface area contributed by atoms with E-state index in [-0.39, 0.29) is 5.91 Å². The molecule has 0 saturated heterocycles. The molecule has 0 bridgehead atoms. The third-order valence-electron chi connectivity index (χ3n) is 3.84. The minimum Gasteiger partial charge on any atom is -0.351 e. The molecule has 1 fully saturated rings. The van der Waals surface area contributed by atoms with Crippen LogP contribution in [0.1, 0.15) is 35.8 Å². The number of benzene rings is 1. The van der Waals surface area contributed by atoms with E-state index in [1.54, 1.807) is 11.3 Å². The van der Waals surface area contributed by atoms with Crippen molar-refractivity contribution >= 4 is 28.8 Å². The molecule has 0 spiro atoms. The Labute approximate surface area is 133 Å². The Kier molecular flexibility index (Phi) is 4.00. The first-order valence-corrected chi connectivity index (χ1v) is 8.40. The maximum absolute atomic E-state index is 12.2. The topological polar surface area (TPSA) is 42.0 Å². The quantitative estimate of drug-likeness (QED) is 0.843. The van der Waals surface area contributed by atoms with E-state index >= 15 is 0 Å². The summed E-state index contributed by atoms with van der Waals surface area (Å²) in [6.45, 7) is 2.96. The molecular formula is C16H17ClN2OS. The number of carbonyl (C=O) groups excluding carboxylic acids is 1. The summed E-state index contributed by atoms with van der Waals surface area (Å²) in [6.07, 6.45) is 2.40. The molecule has 1 heterocycles. The van der Waals surface area contributed by atoms with E-state index in [1.807, 2.05) is 29.6 Å². The van der Waals surface area contributed by atoms with E-state index in [4.69, 9.17) is 11.6 Å².